The van der Waals surface area contributed by atoms with Crippen molar-refractivity contribution in [3.63, 3.8) is 0 Å². The normalized spacial score (nSPS) is 10.9. The second-order valence-electron chi connectivity index (χ2n) is 8.26. The molecule has 0 saturated heterocycles. The quantitative estimate of drug-likeness (QED) is 0.274. The fourth-order valence-electron chi connectivity index (χ4n) is 3.70. The van der Waals surface area contributed by atoms with Gasteiger partial charge in [0, 0.05) is 18.3 Å². The van der Waals surface area contributed by atoms with Crippen LogP contribution in [0, 0.1) is 0 Å². The Hall–Kier alpha value is -4.15. The molecular weight excluding hydrogens is 492 g/mol. The number of benzene rings is 2. The van der Waals surface area contributed by atoms with Crippen LogP contribution in [0.25, 0.3) is 5.69 Å². The zero-order chi connectivity index (χ0) is 26.2. The zero-order valence-corrected chi connectivity index (χ0v) is 21.4. The molecule has 3 N–H and O–H groups in total. The third kappa shape index (κ3) is 6.96. The van der Waals surface area contributed by atoms with Crippen molar-refractivity contribution >= 4 is 40.6 Å². The van der Waals surface area contributed by atoms with Crippen molar-refractivity contribution in [2.45, 2.75) is 20.4 Å². The summed E-state index contributed by atoms with van der Waals surface area (Å²) in [6.07, 6.45) is 6.64. The summed E-state index contributed by atoms with van der Waals surface area (Å²) in [6, 6.07) is 13.6. The number of amides is 3. The number of nitrogens with one attached hydrogen (secondary N) is 3. The number of hydrogen-bond acceptors (Lipinski definition) is 5. The molecule has 0 spiro atoms. The van der Waals surface area contributed by atoms with Crippen molar-refractivity contribution in [3.05, 3.63) is 83.9 Å². The Morgan fingerprint density at radius 2 is 1.68 bits per heavy atom. The average molecular weight is 521 g/mol. The molecule has 37 heavy (non-hydrogen) atoms. The van der Waals surface area contributed by atoms with E-state index in [1.165, 1.54) is 6.20 Å². The van der Waals surface area contributed by atoms with Crippen LogP contribution in [0.2, 0.25) is 5.02 Å². The second-order valence-corrected chi connectivity index (χ2v) is 8.66. The van der Waals surface area contributed by atoms with Gasteiger partial charge in [-0.1, -0.05) is 43.6 Å². The van der Waals surface area contributed by atoms with Gasteiger partial charge in [0.1, 0.15) is 0 Å². The smallest absolute Gasteiger partial charge is 0.319 e. The Labute approximate surface area is 220 Å². The Balaban J connectivity index is 1.36. The number of nitrogens with zero attached hydrogens (tertiary/aromatic N) is 5. The van der Waals surface area contributed by atoms with E-state index in [-0.39, 0.29) is 5.91 Å². The molecule has 192 valence electrons. The monoisotopic (exact) mass is 520 g/mol. The number of anilines is 3. The molecule has 0 radical (unpaired) electrons. The van der Waals surface area contributed by atoms with E-state index in [4.69, 9.17) is 11.6 Å². The van der Waals surface area contributed by atoms with Crippen molar-refractivity contribution in [2.75, 3.05) is 35.6 Å². The van der Waals surface area contributed by atoms with Crippen LogP contribution in [0.3, 0.4) is 0 Å². The molecule has 10 nitrogen and oxygen atoms in total. The number of urea groups is 1. The van der Waals surface area contributed by atoms with Crippen molar-refractivity contribution < 1.29 is 9.59 Å². The van der Waals surface area contributed by atoms with Crippen LogP contribution >= 0.6 is 11.6 Å². The SMILES string of the molecule is CCN(CC)CCn1cc(NC(=O)c2cccc(-n3cc(NC(=O)Nc4ccccc4Cl)cn3)c2)cn1. The summed E-state index contributed by atoms with van der Waals surface area (Å²) in [7, 11) is 0. The third-order valence-corrected chi connectivity index (χ3v) is 6.10. The fourth-order valence-corrected chi connectivity index (χ4v) is 3.89. The number of carbonyl (C=O) groups is 2. The minimum absolute atomic E-state index is 0.255. The Morgan fingerprint density at radius 1 is 0.919 bits per heavy atom. The average Bonchev–Trinajstić information content (AvgIpc) is 3.56. The number of para-hydroxylation sites is 1. The van der Waals surface area contributed by atoms with E-state index in [1.807, 2.05) is 16.9 Å². The third-order valence-electron chi connectivity index (χ3n) is 5.77. The lowest BCUT2D eigenvalue weighted by molar-refractivity contribution is 0.102. The van der Waals surface area contributed by atoms with E-state index in [2.05, 4.69) is 44.9 Å². The summed E-state index contributed by atoms with van der Waals surface area (Å²) < 4.78 is 3.40. The summed E-state index contributed by atoms with van der Waals surface area (Å²) in [5.41, 5.74) is 2.75. The standard InChI is InChI=1S/C26H29ClN8O2/c1-3-33(4-2)12-13-34-17-20(15-28-34)30-25(36)19-8-7-9-22(14-19)35-18-21(16-29-35)31-26(37)32-24-11-6-5-10-23(24)27/h5-11,14-18H,3-4,12-13H2,1-2H3,(H,30,36)(H2,31,32,37). The van der Waals surface area contributed by atoms with Gasteiger partial charge < -0.3 is 20.9 Å². The maximum absolute atomic E-state index is 12.9. The van der Waals surface area contributed by atoms with Crippen molar-refractivity contribution in [1.29, 1.82) is 0 Å². The number of carbonyl (C=O) groups excluding carboxylic acids is 2. The van der Waals surface area contributed by atoms with E-state index >= 15 is 0 Å². The molecule has 0 aliphatic heterocycles. The first-order chi connectivity index (χ1) is 17.9. The summed E-state index contributed by atoms with van der Waals surface area (Å²) in [5, 5.41) is 17.4. The maximum Gasteiger partial charge on any atom is 0.323 e. The van der Waals surface area contributed by atoms with E-state index in [9.17, 15) is 9.59 Å². The van der Waals surface area contributed by atoms with E-state index in [0.717, 1.165) is 26.2 Å². The Morgan fingerprint density at radius 3 is 2.46 bits per heavy atom. The van der Waals surface area contributed by atoms with Gasteiger partial charge in [-0.3, -0.25) is 9.48 Å². The van der Waals surface area contributed by atoms with Crippen LogP contribution in [0.5, 0.6) is 0 Å². The van der Waals surface area contributed by atoms with Gasteiger partial charge in [-0.05, 0) is 43.4 Å². The van der Waals surface area contributed by atoms with Gasteiger partial charge >= 0.3 is 6.03 Å². The predicted octanol–water partition coefficient (Wildman–Crippen LogP) is 4.96. The highest BCUT2D eigenvalue weighted by atomic mass is 35.5. The molecule has 0 aliphatic rings. The lowest BCUT2D eigenvalue weighted by Crippen LogP contribution is -2.27. The first kappa shape index (κ1) is 25.9. The summed E-state index contributed by atoms with van der Waals surface area (Å²) in [6.45, 7) is 7.88. The highest BCUT2D eigenvalue weighted by molar-refractivity contribution is 6.33. The molecule has 11 heteroatoms. The molecule has 0 aliphatic carbocycles. The second kappa shape index (κ2) is 12.2. The lowest BCUT2D eigenvalue weighted by atomic mass is 10.2. The number of halogens is 1. The van der Waals surface area contributed by atoms with Gasteiger partial charge in [0.15, 0.2) is 0 Å². The summed E-state index contributed by atoms with van der Waals surface area (Å²) in [4.78, 5) is 27.5. The van der Waals surface area contributed by atoms with Crippen LogP contribution < -0.4 is 16.0 Å². The number of likely N-dealkylation sites (N-methyl/N-ethyl adjacent to an activating group) is 1. The zero-order valence-electron chi connectivity index (χ0n) is 20.7. The largest absolute Gasteiger partial charge is 0.323 e. The van der Waals surface area contributed by atoms with Gasteiger partial charge in [-0.2, -0.15) is 10.2 Å². The molecule has 2 aromatic heterocycles. The molecule has 4 aromatic rings. The van der Waals surface area contributed by atoms with Crippen LogP contribution in [-0.4, -0.2) is 56.0 Å². The number of hydrogen-bond donors (Lipinski definition) is 3. The van der Waals surface area contributed by atoms with Gasteiger partial charge in [0.25, 0.3) is 5.91 Å². The molecule has 0 fully saturated rings. The minimum atomic E-state index is -0.446. The molecule has 0 bridgehead atoms. The van der Waals surface area contributed by atoms with Crippen molar-refractivity contribution in [1.82, 2.24) is 24.5 Å². The van der Waals surface area contributed by atoms with E-state index in [0.29, 0.717) is 33.3 Å². The van der Waals surface area contributed by atoms with Gasteiger partial charge in [-0.25, -0.2) is 9.48 Å². The summed E-state index contributed by atoms with van der Waals surface area (Å²) in [5.74, 6) is -0.255. The van der Waals surface area contributed by atoms with Gasteiger partial charge in [0.05, 0.1) is 52.9 Å². The summed E-state index contributed by atoms with van der Waals surface area (Å²) >= 11 is 6.09. The molecule has 4 rings (SSSR count). The topological polar surface area (TPSA) is 109 Å². The van der Waals surface area contributed by atoms with Gasteiger partial charge in [0.2, 0.25) is 0 Å². The van der Waals surface area contributed by atoms with Crippen LogP contribution in [-0.2, 0) is 6.54 Å². The minimum Gasteiger partial charge on any atom is -0.319 e. The highest BCUT2D eigenvalue weighted by Gasteiger charge is 2.11. The maximum atomic E-state index is 12.9. The Kier molecular flexibility index (Phi) is 8.55. The molecule has 0 atom stereocenters. The van der Waals surface area contributed by atoms with Crippen LogP contribution in [0.4, 0.5) is 21.9 Å². The molecule has 0 unspecified atom stereocenters. The van der Waals surface area contributed by atoms with E-state index < -0.39 is 6.03 Å². The van der Waals surface area contributed by atoms with Crippen molar-refractivity contribution in [3.8, 4) is 5.69 Å². The highest BCUT2D eigenvalue weighted by Crippen LogP contribution is 2.21. The van der Waals surface area contributed by atoms with Crippen LogP contribution in [0.15, 0.2) is 73.3 Å². The molecule has 0 saturated carbocycles. The van der Waals surface area contributed by atoms with Crippen molar-refractivity contribution in [2.24, 2.45) is 0 Å². The van der Waals surface area contributed by atoms with Gasteiger partial charge in [-0.15, -0.1) is 0 Å². The number of rotatable bonds is 10. The first-order valence-corrected chi connectivity index (χ1v) is 12.4. The van der Waals surface area contributed by atoms with E-state index in [1.54, 1.807) is 59.5 Å². The Bertz CT molecular complexity index is 1360. The first-order valence-electron chi connectivity index (χ1n) is 12.0. The molecular formula is C26H29ClN8O2. The predicted molar refractivity (Wildman–Crippen MR) is 146 cm³/mol. The van der Waals surface area contributed by atoms with Crippen LogP contribution in [0.1, 0.15) is 24.2 Å². The molecule has 2 heterocycles. The lowest BCUT2D eigenvalue weighted by Gasteiger charge is -2.17. The molecule has 3 amide bonds. The molecule has 2 aromatic carbocycles. The fraction of sp³-hybridized carbons (Fsp3) is 0.231. The number of aromatic nitrogens is 4.